The minimum Gasteiger partial charge on any atom is -0.353 e. The molecule has 3 rings (SSSR count). The highest BCUT2D eigenvalue weighted by molar-refractivity contribution is 5.85. The van der Waals surface area contributed by atoms with Gasteiger partial charge in [0.05, 0.1) is 5.41 Å². The Bertz CT molecular complexity index is 322. The molecule has 1 atom stereocenters. The summed E-state index contributed by atoms with van der Waals surface area (Å²) in [7, 11) is 0. The largest absolute Gasteiger partial charge is 0.353 e. The highest BCUT2D eigenvalue weighted by atomic mass is 35.5. The van der Waals surface area contributed by atoms with Crippen LogP contribution in [0.5, 0.6) is 0 Å². The lowest BCUT2D eigenvalue weighted by molar-refractivity contribution is -0.130. The van der Waals surface area contributed by atoms with E-state index in [-0.39, 0.29) is 36.1 Å². The molecule has 4 nitrogen and oxygen atoms in total. The van der Waals surface area contributed by atoms with Crippen LogP contribution in [0.3, 0.4) is 0 Å². The number of halogens is 2. The molecule has 1 unspecified atom stereocenters. The van der Waals surface area contributed by atoms with Crippen LogP contribution in [-0.2, 0) is 4.79 Å². The second kappa shape index (κ2) is 7.30. The smallest absolute Gasteiger partial charge is 0.227 e. The van der Waals surface area contributed by atoms with Crippen LogP contribution in [0.1, 0.15) is 39.0 Å². The van der Waals surface area contributed by atoms with Crippen molar-refractivity contribution in [3.05, 3.63) is 0 Å². The molecule has 1 saturated carbocycles. The number of hydrogen-bond donors (Lipinski definition) is 2. The second-order valence-corrected chi connectivity index (χ2v) is 6.50. The molecule has 2 saturated heterocycles. The summed E-state index contributed by atoms with van der Waals surface area (Å²) in [5.74, 6) is 0.261. The number of carbonyl (C=O) groups is 1. The number of amides is 1. The molecular weight excluding hydrogens is 297 g/mol. The van der Waals surface area contributed by atoms with Crippen molar-refractivity contribution in [1.29, 1.82) is 0 Å². The standard InChI is InChI=1S/C14H25N3O.2ClH/c1-14(6-7-15-10-14)13(18)16-11-4-8-17(9-5-11)12-2-3-12;;/h11-12,15H,2-10H2,1H3,(H,16,18);2*1H. The van der Waals surface area contributed by atoms with Gasteiger partial charge in [-0.1, -0.05) is 0 Å². The Balaban J connectivity index is 0.000001000. The zero-order valence-corrected chi connectivity index (χ0v) is 13.8. The SMILES string of the molecule is CC1(C(=O)NC2CCN(C3CC3)CC2)CCNC1.Cl.Cl. The van der Waals surface area contributed by atoms with Crippen molar-refractivity contribution in [2.45, 2.75) is 51.1 Å². The normalized spacial score (nSPS) is 31.2. The van der Waals surface area contributed by atoms with E-state index in [0.29, 0.717) is 6.04 Å². The van der Waals surface area contributed by atoms with Gasteiger partial charge in [-0.25, -0.2) is 0 Å². The Morgan fingerprint density at radius 3 is 2.35 bits per heavy atom. The molecule has 0 aromatic heterocycles. The molecule has 1 amide bonds. The van der Waals surface area contributed by atoms with Crippen LogP contribution in [0.2, 0.25) is 0 Å². The van der Waals surface area contributed by atoms with Gasteiger partial charge >= 0.3 is 0 Å². The summed E-state index contributed by atoms with van der Waals surface area (Å²) >= 11 is 0. The Morgan fingerprint density at radius 2 is 1.85 bits per heavy atom. The van der Waals surface area contributed by atoms with Crippen molar-refractivity contribution < 1.29 is 4.79 Å². The molecule has 0 spiro atoms. The third kappa shape index (κ3) is 4.00. The minimum atomic E-state index is -0.173. The van der Waals surface area contributed by atoms with Gasteiger partial charge in [-0.15, -0.1) is 24.8 Å². The zero-order chi connectivity index (χ0) is 12.6. The Morgan fingerprint density at radius 1 is 1.20 bits per heavy atom. The summed E-state index contributed by atoms with van der Waals surface area (Å²) in [4.78, 5) is 14.9. The Labute approximate surface area is 134 Å². The quantitative estimate of drug-likeness (QED) is 0.828. The number of hydrogen-bond acceptors (Lipinski definition) is 3. The number of rotatable bonds is 3. The molecule has 0 bridgehead atoms. The van der Waals surface area contributed by atoms with Crippen LogP contribution in [0.4, 0.5) is 0 Å². The van der Waals surface area contributed by atoms with E-state index in [1.807, 2.05) is 0 Å². The first-order valence-corrected chi connectivity index (χ1v) is 7.43. The van der Waals surface area contributed by atoms with Crippen LogP contribution >= 0.6 is 24.8 Å². The average Bonchev–Trinajstić information content (AvgIpc) is 3.13. The molecular formula is C14H27Cl2N3O. The second-order valence-electron chi connectivity index (χ2n) is 6.50. The van der Waals surface area contributed by atoms with Crippen molar-refractivity contribution in [3.63, 3.8) is 0 Å². The first kappa shape index (κ1) is 18.0. The lowest BCUT2D eigenvalue weighted by atomic mass is 9.88. The predicted octanol–water partition coefficient (Wildman–Crippen LogP) is 1.57. The Hall–Kier alpha value is -0.0300. The molecule has 0 aromatic rings. The monoisotopic (exact) mass is 323 g/mol. The van der Waals surface area contributed by atoms with Crippen molar-refractivity contribution in [3.8, 4) is 0 Å². The van der Waals surface area contributed by atoms with Gasteiger partial charge in [0.2, 0.25) is 5.91 Å². The number of piperidine rings is 1. The van der Waals surface area contributed by atoms with Gasteiger partial charge in [-0.3, -0.25) is 4.79 Å². The van der Waals surface area contributed by atoms with E-state index in [0.717, 1.165) is 38.4 Å². The van der Waals surface area contributed by atoms with E-state index in [9.17, 15) is 4.79 Å². The van der Waals surface area contributed by atoms with Crippen LogP contribution in [0.15, 0.2) is 0 Å². The first-order chi connectivity index (χ1) is 8.67. The molecule has 0 radical (unpaired) electrons. The highest BCUT2D eigenvalue weighted by Crippen LogP contribution is 2.30. The van der Waals surface area contributed by atoms with Crippen molar-refractivity contribution in [2.75, 3.05) is 26.2 Å². The van der Waals surface area contributed by atoms with E-state index < -0.39 is 0 Å². The summed E-state index contributed by atoms with van der Waals surface area (Å²) in [6.07, 6.45) is 6.01. The molecule has 6 heteroatoms. The van der Waals surface area contributed by atoms with Gasteiger partial charge in [0.15, 0.2) is 0 Å². The van der Waals surface area contributed by atoms with Gasteiger partial charge in [0.1, 0.15) is 0 Å². The van der Waals surface area contributed by atoms with Gasteiger partial charge in [0.25, 0.3) is 0 Å². The number of likely N-dealkylation sites (tertiary alicyclic amines) is 1. The van der Waals surface area contributed by atoms with Crippen LogP contribution in [0.25, 0.3) is 0 Å². The third-order valence-corrected chi connectivity index (χ3v) is 4.84. The Kier molecular flexibility index (Phi) is 6.58. The molecule has 2 aliphatic heterocycles. The molecule has 20 heavy (non-hydrogen) atoms. The van der Waals surface area contributed by atoms with Gasteiger partial charge in [-0.2, -0.15) is 0 Å². The maximum Gasteiger partial charge on any atom is 0.227 e. The van der Waals surface area contributed by atoms with Crippen molar-refractivity contribution in [1.82, 2.24) is 15.5 Å². The molecule has 118 valence electrons. The fraction of sp³-hybridized carbons (Fsp3) is 0.929. The molecule has 2 N–H and O–H groups in total. The molecule has 3 aliphatic rings. The van der Waals surface area contributed by atoms with Crippen molar-refractivity contribution >= 4 is 30.7 Å². The average molecular weight is 324 g/mol. The molecule has 0 aromatic carbocycles. The van der Waals surface area contributed by atoms with E-state index in [1.165, 1.54) is 25.9 Å². The summed E-state index contributed by atoms with van der Waals surface area (Å²) < 4.78 is 0. The lowest BCUT2D eigenvalue weighted by Crippen LogP contribution is -2.49. The molecule has 3 fully saturated rings. The van der Waals surface area contributed by atoms with E-state index in [1.54, 1.807) is 0 Å². The predicted molar refractivity (Wildman–Crippen MR) is 85.8 cm³/mol. The van der Waals surface area contributed by atoms with Gasteiger partial charge in [-0.05, 0) is 45.6 Å². The fourth-order valence-corrected chi connectivity index (χ4v) is 3.22. The minimum absolute atomic E-state index is 0. The maximum absolute atomic E-state index is 12.3. The summed E-state index contributed by atoms with van der Waals surface area (Å²) in [6, 6.07) is 1.28. The van der Waals surface area contributed by atoms with Crippen LogP contribution in [0, 0.1) is 5.41 Å². The third-order valence-electron chi connectivity index (χ3n) is 4.84. The van der Waals surface area contributed by atoms with E-state index in [4.69, 9.17) is 0 Å². The number of nitrogens with one attached hydrogen (secondary N) is 2. The summed E-state index contributed by atoms with van der Waals surface area (Å²) in [5.41, 5.74) is -0.173. The van der Waals surface area contributed by atoms with Crippen molar-refractivity contribution in [2.24, 2.45) is 5.41 Å². The highest BCUT2D eigenvalue weighted by Gasteiger charge is 2.38. The molecule has 1 aliphatic carbocycles. The number of nitrogens with zero attached hydrogens (tertiary/aromatic N) is 1. The first-order valence-electron chi connectivity index (χ1n) is 7.43. The summed E-state index contributed by atoms with van der Waals surface area (Å²) in [5, 5.41) is 6.57. The van der Waals surface area contributed by atoms with Crippen LogP contribution < -0.4 is 10.6 Å². The van der Waals surface area contributed by atoms with Gasteiger partial charge in [0, 0.05) is 31.7 Å². The lowest BCUT2D eigenvalue weighted by Gasteiger charge is -2.34. The van der Waals surface area contributed by atoms with Gasteiger partial charge < -0.3 is 15.5 Å². The molecule has 2 heterocycles. The van der Waals surface area contributed by atoms with E-state index >= 15 is 0 Å². The topological polar surface area (TPSA) is 44.4 Å². The van der Waals surface area contributed by atoms with Crippen LogP contribution in [-0.4, -0.2) is 49.1 Å². The van der Waals surface area contributed by atoms with E-state index in [2.05, 4.69) is 22.5 Å². The fourth-order valence-electron chi connectivity index (χ4n) is 3.22. The maximum atomic E-state index is 12.3. The zero-order valence-electron chi connectivity index (χ0n) is 12.2. The number of carbonyl (C=O) groups excluding carboxylic acids is 1. The summed E-state index contributed by atoms with van der Waals surface area (Å²) in [6.45, 7) is 6.24.